The first-order valence-electron chi connectivity index (χ1n) is 10.6. The van der Waals surface area contributed by atoms with Gasteiger partial charge in [-0.2, -0.15) is 4.98 Å². The molecule has 1 amide bonds. The summed E-state index contributed by atoms with van der Waals surface area (Å²) in [6.45, 7) is 5.17. The molecule has 2 heterocycles. The van der Waals surface area contributed by atoms with Crippen LogP contribution in [0.5, 0.6) is 5.75 Å². The third kappa shape index (κ3) is 5.30. The molecule has 0 atom stereocenters. The van der Waals surface area contributed by atoms with E-state index in [0.29, 0.717) is 11.7 Å². The van der Waals surface area contributed by atoms with Crippen LogP contribution >= 0.6 is 0 Å². The van der Waals surface area contributed by atoms with Crippen molar-refractivity contribution in [2.24, 2.45) is 5.92 Å². The van der Waals surface area contributed by atoms with Gasteiger partial charge in [-0.05, 0) is 56.1 Å². The predicted octanol–water partition coefficient (Wildman–Crippen LogP) is 3.58. The minimum Gasteiger partial charge on any atom is -0.497 e. The fourth-order valence-corrected chi connectivity index (χ4v) is 3.89. The molecule has 0 radical (unpaired) electrons. The standard InChI is InChI=1S/C24H28N4O3/c1-17-6-3-4-7-20(17)16-28-12-10-18(11-13-28)24(29)25-15-22-26-23(27-31-22)19-8-5-9-21(14-19)30-2/h3-9,14,18H,10-13,15-16H2,1-2H3,(H,25,29). The van der Waals surface area contributed by atoms with Crippen molar-refractivity contribution in [1.82, 2.24) is 20.4 Å². The molecule has 0 unspecified atom stereocenters. The summed E-state index contributed by atoms with van der Waals surface area (Å²) in [5.41, 5.74) is 3.48. The van der Waals surface area contributed by atoms with Crippen molar-refractivity contribution >= 4 is 5.91 Å². The van der Waals surface area contributed by atoms with E-state index >= 15 is 0 Å². The molecule has 1 N–H and O–H groups in total. The number of likely N-dealkylation sites (tertiary alicyclic amines) is 1. The van der Waals surface area contributed by atoms with Crippen LogP contribution in [-0.4, -0.2) is 41.1 Å². The molecule has 1 fully saturated rings. The maximum Gasteiger partial charge on any atom is 0.246 e. The Morgan fingerprint density at radius 1 is 1.19 bits per heavy atom. The number of aryl methyl sites for hydroxylation is 1. The zero-order valence-electron chi connectivity index (χ0n) is 18.0. The molecular formula is C24H28N4O3. The van der Waals surface area contributed by atoms with Gasteiger partial charge in [0, 0.05) is 18.0 Å². The van der Waals surface area contributed by atoms with Gasteiger partial charge in [0.05, 0.1) is 13.7 Å². The summed E-state index contributed by atoms with van der Waals surface area (Å²) in [6.07, 6.45) is 1.72. The van der Waals surface area contributed by atoms with Crippen LogP contribution in [0, 0.1) is 12.8 Å². The fourth-order valence-electron chi connectivity index (χ4n) is 3.89. The summed E-state index contributed by atoms with van der Waals surface area (Å²) in [7, 11) is 1.61. The molecule has 3 aromatic rings. The number of carbonyl (C=O) groups is 1. The van der Waals surface area contributed by atoms with Gasteiger partial charge in [-0.15, -0.1) is 0 Å². The lowest BCUT2D eigenvalue weighted by atomic mass is 9.95. The van der Waals surface area contributed by atoms with E-state index in [1.807, 2.05) is 24.3 Å². The Balaban J connectivity index is 1.25. The first-order valence-corrected chi connectivity index (χ1v) is 10.6. The van der Waals surface area contributed by atoms with Crippen LogP contribution in [0.3, 0.4) is 0 Å². The van der Waals surface area contributed by atoms with Crippen LogP contribution in [0.4, 0.5) is 0 Å². The lowest BCUT2D eigenvalue weighted by Crippen LogP contribution is -2.40. The first kappa shape index (κ1) is 21.1. The SMILES string of the molecule is COc1cccc(-c2noc(CNC(=O)C3CCN(Cc4ccccc4C)CC3)n2)c1. The normalized spacial score (nSPS) is 15.0. The van der Waals surface area contributed by atoms with Gasteiger partial charge in [0.25, 0.3) is 0 Å². The molecule has 1 aromatic heterocycles. The molecule has 2 aromatic carbocycles. The van der Waals surface area contributed by atoms with Crippen LogP contribution in [0.25, 0.3) is 11.4 Å². The Morgan fingerprint density at radius 3 is 2.77 bits per heavy atom. The van der Waals surface area contributed by atoms with Gasteiger partial charge in [0.1, 0.15) is 5.75 Å². The highest BCUT2D eigenvalue weighted by atomic mass is 16.5. The Bertz CT molecular complexity index is 1020. The minimum atomic E-state index is 0.0221. The largest absolute Gasteiger partial charge is 0.497 e. The second-order valence-electron chi connectivity index (χ2n) is 7.94. The molecule has 7 nitrogen and oxygen atoms in total. The topological polar surface area (TPSA) is 80.5 Å². The lowest BCUT2D eigenvalue weighted by molar-refractivity contribution is -0.126. The van der Waals surface area contributed by atoms with Crippen molar-refractivity contribution in [3.05, 3.63) is 65.5 Å². The second-order valence-corrected chi connectivity index (χ2v) is 7.94. The van der Waals surface area contributed by atoms with Crippen LogP contribution in [0.15, 0.2) is 53.1 Å². The van der Waals surface area contributed by atoms with Crippen molar-refractivity contribution in [3.63, 3.8) is 0 Å². The minimum absolute atomic E-state index is 0.0221. The maximum atomic E-state index is 12.6. The van der Waals surface area contributed by atoms with Crippen LogP contribution in [0.2, 0.25) is 0 Å². The number of nitrogens with one attached hydrogen (secondary N) is 1. The number of hydrogen-bond donors (Lipinski definition) is 1. The first-order chi connectivity index (χ1) is 15.1. The van der Waals surface area contributed by atoms with Crippen LogP contribution < -0.4 is 10.1 Å². The van der Waals surface area contributed by atoms with Crippen LogP contribution in [-0.2, 0) is 17.9 Å². The van der Waals surface area contributed by atoms with E-state index in [4.69, 9.17) is 9.26 Å². The highest BCUT2D eigenvalue weighted by Crippen LogP contribution is 2.22. The zero-order valence-corrected chi connectivity index (χ0v) is 18.0. The molecule has 1 aliphatic heterocycles. The molecule has 0 spiro atoms. The van der Waals surface area contributed by atoms with Crippen molar-refractivity contribution in [3.8, 4) is 17.1 Å². The molecule has 7 heteroatoms. The summed E-state index contributed by atoms with van der Waals surface area (Å²) in [4.78, 5) is 19.4. The van der Waals surface area contributed by atoms with Crippen molar-refractivity contribution in [2.75, 3.05) is 20.2 Å². The molecule has 0 saturated carbocycles. The molecule has 0 aliphatic carbocycles. The van der Waals surface area contributed by atoms with Crippen molar-refractivity contribution < 1.29 is 14.1 Å². The molecule has 31 heavy (non-hydrogen) atoms. The van der Waals surface area contributed by atoms with E-state index < -0.39 is 0 Å². The van der Waals surface area contributed by atoms with Gasteiger partial charge >= 0.3 is 0 Å². The summed E-state index contributed by atoms with van der Waals surface area (Å²) in [6, 6.07) is 15.9. The van der Waals surface area contributed by atoms with E-state index in [1.165, 1.54) is 11.1 Å². The monoisotopic (exact) mass is 420 g/mol. The van der Waals surface area contributed by atoms with E-state index in [1.54, 1.807) is 7.11 Å². The lowest BCUT2D eigenvalue weighted by Gasteiger charge is -2.31. The fraction of sp³-hybridized carbons (Fsp3) is 0.375. The Labute approximate surface area is 182 Å². The number of hydrogen-bond acceptors (Lipinski definition) is 6. The molecule has 1 saturated heterocycles. The van der Waals surface area contributed by atoms with E-state index in [0.717, 1.165) is 43.8 Å². The van der Waals surface area contributed by atoms with E-state index in [2.05, 4.69) is 51.5 Å². The molecule has 4 rings (SSSR count). The predicted molar refractivity (Wildman–Crippen MR) is 117 cm³/mol. The van der Waals surface area contributed by atoms with Gasteiger partial charge in [0.15, 0.2) is 0 Å². The Morgan fingerprint density at radius 2 is 2.00 bits per heavy atom. The summed E-state index contributed by atoms with van der Waals surface area (Å²) in [5.74, 6) is 1.67. The second kappa shape index (κ2) is 9.75. The average molecular weight is 421 g/mol. The van der Waals surface area contributed by atoms with E-state index in [9.17, 15) is 4.79 Å². The van der Waals surface area contributed by atoms with Crippen LogP contribution in [0.1, 0.15) is 29.9 Å². The molecule has 1 aliphatic rings. The van der Waals surface area contributed by atoms with Crippen molar-refractivity contribution in [1.29, 1.82) is 0 Å². The highest BCUT2D eigenvalue weighted by Gasteiger charge is 2.25. The number of carbonyl (C=O) groups excluding carboxylic acids is 1. The van der Waals surface area contributed by atoms with Gasteiger partial charge in [0.2, 0.25) is 17.6 Å². The summed E-state index contributed by atoms with van der Waals surface area (Å²) < 4.78 is 10.5. The number of methoxy groups -OCH3 is 1. The van der Waals surface area contributed by atoms with Crippen molar-refractivity contribution in [2.45, 2.75) is 32.9 Å². The highest BCUT2D eigenvalue weighted by molar-refractivity contribution is 5.78. The molecular weight excluding hydrogens is 392 g/mol. The number of amides is 1. The Kier molecular flexibility index (Phi) is 6.62. The third-order valence-corrected chi connectivity index (χ3v) is 5.82. The molecule has 0 bridgehead atoms. The quantitative estimate of drug-likeness (QED) is 0.629. The number of piperidine rings is 1. The maximum absolute atomic E-state index is 12.6. The zero-order chi connectivity index (χ0) is 21.6. The number of rotatable bonds is 7. The molecule has 162 valence electrons. The van der Waals surface area contributed by atoms with Gasteiger partial charge in [-0.3, -0.25) is 9.69 Å². The third-order valence-electron chi connectivity index (χ3n) is 5.82. The number of nitrogens with zero attached hydrogens (tertiary/aromatic N) is 3. The number of ether oxygens (including phenoxy) is 1. The number of aromatic nitrogens is 2. The summed E-state index contributed by atoms with van der Waals surface area (Å²) >= 11 is 0. The van der Waals surface area contributed by atoms with Gasteiger partial charge in [-0.25, -0.2) is 0 Å². The summed E-state index contributed by atoms with van der Waals surface area (Å²) in [5, 5.41) is 6.96. The van der Waals surface area contributed by atoms with Gasteiger partial charge in [-0.1, -0.05) is 41.6 Å². The smallest absolute Gasteiger partial charge is 0.246 e. The Hall–Kier alpha value is -3.19. The average Bonchev–Trinajstić information content (AvgIpc) is 3.29. The van der Waals surface area contributed by atoms with Gasteiger partial charge < -0.3 is 14.6 Å². The van der Waals surface area contributed by atoms with E-state index in [-0.39, 0.29) is 18.4 Å². The number of benzene rings is 2.